The van der Waals surface area contributed by atoms with E-state index < -0.39 is 0 Å². The predicted octanol–water partition coefficient (Wildman–Crippen LogP) is 10.6. The maximum absolute atomic E-state index is 5.14. The first-order valence-electron chi connectivity index (χ1n) is 17.8. The smallest absolute Gasteiger partial charge is 0.159 e. The third kappa shape index (κ3) is 5.28. The molecule has 5 heterocycles. The maximum Gasteiger partial charge on any atom is 0.159 e. The molecular formula is C46H34N6S. The van der Waals surface area contributed by atoms with E-state index in [1.54, 1.807) is 0 Å². The van der Waals surface area contributed by atoms with Crippen molar-refractivity contribution in [2.45, 2.75) is 6.17 Å². The Morgan fingerprint density at radius 3 is 2.19 bits per heavy atom. The van der Waals surface area contributed by atoms with Gasteiger partial charge >= 0.3 is 0 Å². The van der Waals surface area contributed by atoms with E-state index in [0.29, 0.717) is 0 Å². The van der Waals surface area contributed by atoms with Crippen molar-refractivity contribution in [3.63, 3.8) is 0 Å². The second kappa shape index (κ2) is 12.9. The largest absolute Gasteiger partial charge is 0.387 e. The topological polar surface area (TPSA) is 57.8 Å². The quantitative estimate of drug-likeness (QED) is 0.188. The second-order valence-electron chi connectivity index (χ2n) is 13.3. The average Bonchev–Trinajstić information content (AvgIpc) is 3.79. The van der Waals surface area contributed by atoms with Crippen LogP contribution in [0.2, 0.25) is 0 Å². The number of amidine groups is 2. The van der Waals surface area contributed by atoms with Crippen molar-refractivity contribution in [3.05, 3.63) is 181 Å². The van der Waals surface area contributed by atoms with Crippen LogP contribution in [0.1, 0.15) is 17.3 Å². The number of aromatic nitrogens is 2. The van der Waals surface area contributed by atoms with E-state index in [0.717, 1.165) is 40.6 Å². The summed E-state index contributed by atoms with van der Waals surface area (Å²) in [7, 11) is 2.07. The summed E-state index contributed by atoms with van der Waals surface area (Å²) >= 11 is 1.89. The molecule has 2 aliphatic rings. The molecule has 0 saturated carbocycles. The standard InChI is InChI=1S/C46H34N6S/c1-51-45(49-44(32-22-26-47-27-23-32)50-46(51)34-24-28-48-29-25-34)33-16-18-35(19-17-33)52-38-15-9-8-14-36(38)41-39(52)21-20-37-40(30-10-4-2-5-11-30)42(53-43(37)41)31-12-6-3-7-13-31/h2-26,28-29,46-47H,27H2,1H3. The van der Waals surface area contributed by atoms with E-state index >= 15 is 0 Å². The number of thiophene rings is 1. The zero-order valence-electron chi connectivity index (χ0n) is 29.0. The van der Waals surface area contributed by atoms with Crippen molar-refractivity contribution < 1.29 is 0 Å². The molecule has 1 atom stereocenters. The van der Waals surface area contributed by atoms with Gasteiger partial charge in [0.1, 0.15) is 5.84 Å². The highest BCUT2D eigenvalue weighted by atomic mass is 32.1. The maximum atomic E-state index is 5.14. The van der Waals surface area contributed by atoms with E-state index in [4.69, 9.17) is 9.98 Å². The lowest BCUT2D eigenvalue weighted by atomic mass is 9.98. The molecule has 1 unspecified atom stereocenters. The summed E-state index contributed by atoms with van der Waals surface area (Å²) in [6, 6.07) is 47.9. The third-order valence-electron chi connectivity index (χ3n) is 10.2. The highest BCUT2D eigenvalue weighted by molar-refractivity contribution is 7.24. The Kier molecular flexibility index (Phi) is 7.58. The van der Waals surface area contributed by atoms with Crippen molar-refractivity contribution in [2.24, 2.45) is 9.98 Å². The molecule has 6 nitrogen and oxygen atoms in total. The van der Waals surface area contributed by atoms with Gasteiger partial charge in [-0.05, 0) is 77.5 Å². The first kappa shape index (κ1) is 31.2. The van der Waals surface area contributed by atoms with Gasteiger partial charge in [0.15, 0.2) is 12.0 Å². The van der Waals surface area contributed by atoms with Gasteiger partial charge in [-0.2, -0.15) is 0 Å². The van der Waals surface area contributed by atoms with Gasteiger partial charge in [0.2, 0.25) is 0 Å². The number of rotatable bonds is 6. The minimum absolute atomic E-state index is 0.226. The molecule has 7 heteroatoms. The molecule has 0 fully saturated rings. The summed E-state index contributed by atoms with van der Waals surface area (Å²) in [6.45, 7) is 0.748. The molecule has 3 aromatic heterocycles. The average molecular weight is 703 g/mol. The zero-order valence-corrected chi connectivity index (χ0v) is 29.8. The molecule has 0 aliphatic carbocycles. The van der Waals surface area contributed by atoms with Gasteiger partial charge < -0.3 is 14.8 Å². The van der Waals surface area contributed by atoms with Crippen LogP contribution >= 0.6 is 11.3 Å². The van der Waals surface area contributed by atoms with Crippen LogP contribution in [-0.4, -0.2) is 39.7 Å². The second-order valence-corrected chi connectivity index (χ2v) is 14.3. The molecule has 10 rings (SSSR count). The molecule has 2 aliphatic heterocycles. The summed E-state index contributed by atoms with van der Waals surface area (Å²) in [4.78, 5) is 17.9. The highest BCUT2D eigenvalue weighted by Crippen LogP contribution is 2.49. The monoisotopic (exact) mass is 702 g/mol. The molecule has 8 aromatic rings. The van der Waals surface area contributed by atoms with Crippen molar-refractivity contribution in [2.75, 3.05) is 13.6 Å². The van der Waals surface area contributed by atoms with Crippen LogP contribution in [0.25, 0.3) is 59.1 Å². The summed E-state index contributed by atoms with van der Waals surface area (Å²) in [6.07, 6.45) is 9.56. The minimum Gasteiger partial charge on any atom is -0.387 e. The van der Waals surface area contributed by atoms with E-state index in [-0.39, 0.29) is 6.17 Å². The zero-order chi connectivity index (χ0) is 35.3. The van der Waals surface area contributed by atoms with E-state index in [1.165, 1.54) is 53.5 Å². The van der Waals surface area contributed by atoms with Crippen LogP contribution in [0.4, 0.5) is 0 Å². The number of nitrogens with zero attached hydrogens (tertiary/aromatic N) is 5. The van der Waals surface area contributed by atoms with Crippen LogP contribution in [0.3, 0.4) is 0 Å². The van der Waals surface area contributed by atoms with E-state index in [2.05, 4.69) is 154 Å². The normalized spacial score (nSPS) is 15.8. The number of pyridine rings is 1. The van der Waals surface area contributed by atoms with Gasteiger partial charge in [-0.1, -0.05) is 91.0 Å². The molecule has 0 spiro atoms. The molecule has 1 N–H and O–H groups in total. The lowest BCUT2D eigenvalue weighted by Crippen LogP contribution is -2.36. The van der Waals surface area contributed by atoms with Crippen LogP contribution in [-0.2, 0) is 0 Å². The van der Waals surface area contributed by atoms with Gasteiger partial charge in [0.05, 0.1) is 11.0 Å². The lowest BCUT2D eigenvalue weighted by Gasteiger charge is -2.32. The number of hydrogen-bond acceptors (Lipinski definition) is 6. The molecule has 0 bridgehead atoms. The Hall–Kier alpha value is -6.57. The summed E-state index contributed by atoms with van der Waals surface area (Å²) < 4.78 is 3.71. The van der Waals surface area contributed by atoms with Gasteiger partial charge in [0.25, 0.3) is 0 Å². The number of para-hydroxylation sites is 1. The van der Waals surface area contributed by atoms with Crippen LogP contribution in [0, 0.1) is 0 Å². The van der Waals surface area contributed by atoms with Crippen LogP contribution < -0.4 is 5.32 Å². The third-order valence-corrected chi connectivity index (χ3v) is 11.5. The van der Waals surface area contributed by atoms with E-state index in [1.807, 2.05) is 48.1 Å². The Morgan fingerprint density at radius 2 is 1.43 bits per heavy atom. The molecular weight excluding hydrogens is 669 g/mol. The highest BCUT2D eigenvalue weighted by Gasteiger charge is 2.28. The Balaban J connectivity index is 1.12. The molecule has 0 saturated heterocycles. The lowest BCUT2D eigenvalue weighted by molar-refractivity contribution is 0.382. The van der Waals surface area contributed by atoms with Gasteiger partial charge in [-0.25, -0.2) is 9.98 Å². The minimum atomic E-state index is -0.226. The fraction of sp³-hybridized carbons (Fsp3) is 0.0652. The Morgan fingerprint density at radius 1 is 0.698 bits per heavy atom. The first-order chi connectivity index (χ1) is 26.2. The van der Waals surface area contributed by atoms with Crippen molar-refractivity contribution in [1.82, 2.24) is 19.8 Å². The molecule has 5 aromatic carbocycles. The summed E-state index contributed by atoms with van der Waals surface area (Å²) in [5, 5.41) is 7.06. The summed E-state index contributed by atoms with van der Waals surface area (Å²) in [5.74, 6) is 1.61. The number of benzene rings is 5. The number of dihydropyridines is 1. The first-order valence-corrected chi connectivity index (χ1v) is 18.6. The fourth-order valence-corrected chi connectivity index (χ4v) is 9.10. The molecule has 53 heavy (non-hydrogen) atoms. The molecule has 0 radical (unpaired) electrons. The van der Waals surface area contributed by atoms with Crippen LogP contribution in [0.15, 0.2) is 180 Å². The Labute approximate surface area is 311 Å². The van der Waals surface area contributed by atoms with Crippen molar-refractivity contribution >= 4 is 54.9 Å². The van der Waals surface area contributed by atoms with Crippen molar-refractivity contribution in [1.29, 1.82) is 0 Å². The summed E-state index contributed by atoms with van der Waals surface area (Å²) in [5.41, 5.74) is 10.4. The van der Waals surface area contributed by atoms with E-state index in [9.17, 15) is 0 Å². The number of fused-ring (bicyclic) bond motifs is 5. The van der Waals surface area contributed by atoms with Gasteiger partial charge in [0, 0.05) is 74.1 Å². The predicted molar refractivity (Wildman–Crippen MR) is 221 cm³/mol. The van der Waals surface area contributed by atoms with Crippen molar-refractivity contribution in [3.8, 4) is 27.3 Å². The van der Waals surface area contributed by atoms with Crippen LogP contribution in [0.5, 0.6) is 0 Å². The number of aliphatic imine (C=N–C) groups is 2. The molecule has 254 valence electrons. The number of hydrogen-bond donors (Lipinski definition) is 1. The SMILES string of the molecule is CN1C(c2ccc(-n3c4ccccc4c4c5sc(-c6ccccc6)c(-c6ccccc6)c5ccc43)cc2)=NC(C2=CCNC=C2)=NC1c1ccncc1. The molecule has 0 amide bonds. The number of nitrogens with one attached hydrogen (secondary N) is 1. The van der Waals surface area contributed by atoms with Gasteiger partial charge in [-0.3, -0.25) is 4.98 Å². The Bertz CT molecular complexity index is 2770. The fourth-order valence-electron chi connectivity index (χ4n) is 7.72. The van der Waals surface area contributed by atoms with Gasteiger partial charge in [-0.15, -0.1) is 11.3 Å².